The van der Waals surface area contributed by atoms with E-state index in [0.29, 0.717) is 6.54 Å². The molecule has 1 saturated heterocycles. The average Bonchev–Trinajstić information content (AvgIpc) is 2.46. The van der Waals surface area contributed by atoms with Gasteiger partial charge in [-0.2, -0.15) is 0 Å². The zero-order valence-corrected chi connectivity index (χ0v) is 12.7. The highest BCUT2D eigenvalue weighted by atomic mass is 32.2. The van der Waals surface area contributed by atoms with Gasteiger partial charge in [-0.25, -0.2) is 0 Å². The van der Waals surface area contributed by atoms with Gasteiger partial charge in [-0.15, -0.1) is 11.8 Å². The molecule has 4 N–H and O–H groups in total. The number of anilines is 1. The standard InChI is InChI=1S/C14H20N4O2S/c1-2-18(10-6-4-3-5-7-10)13(20)9-21-14-16-11(15)8-12(19)17-14/h3-7,11,14,16H,2,8-9,15H2,1H3,(H,17,19). The molecule has 1 aromatic carbocycles. The van der Waals surface area contributed by atoms with Gasteiger partial charge in [-0.1, -0.05) is 18.2 Å². The van der Waals surface area contributed by atoms with Crippen molar-refractivity contribution >= 4 is 29.3 Å². The van der Waals surface area contributed by atoms with Gasteiger partial charge in [0.05, 0.1) is 18.3 Å². The van der Waals surface area contributed by atoms with Gasteiger partial charge in [0.2, 0.25) is 11.8 Å². The number of carbonyl (C=O) groups is 2. The Balaban J connectivity index is 1.90. The predicted octanol–water partition coefficient (Wildman–Crippen LogP) is 0.451. The molecule has 1 fully saturated rings. The molecule has 0 aliphatic carbocycles. The van der Waals surface area contributed by atoms with Crippen LogP contribution < -0.4 is 21.3 Å². The normalized spacial score (nSPS) is 21.7. The zero-order chi connectivity index (χ0) is 15.2. The van der Waals surface area contributed by atoms with Gasteiger partial charge in [0.1, 0.15) is 5.50 Å². The third-order valence-electron chi connectivity index (χ3n) is 3.12. The molecule has 2 atom stereocenters. The Labute approximate surface area is 128 Å². The second kappa shape index (κ2) is 7.44. The van der Waals surface area contributed by atoms with Crippen LogP contribution in [0, 0.1) is 0 Å². The molecular formula is C14H20N4O2S. The van der Waals surface area contributed by atoms with Crippen LogP contribution in [-0.2, 0) is 9.59 Å². The third-order valence-corrected chi connectivity index (χ3v) is 4.12. The summed E-state index contributed by atoms with van der Waals surface area (Å²) in [7, 11) is 0. The molecule has 1 aliphatic rings. The summed E-state index contributed by atoms with van der Waals surface area (Å²) in [5.74, 6) is 0.179. The molecule has 21 heavy (non-hydrogen) atoms. The summed E-state index contributed by atoms with van der Waals surface area (Å²) >= 11 is 1.34. The van der Waals surface area contributed by atoms with Crippen LogP contribution in [-0.4, -0.2) is 35.8 Å². The molecular weight excluding hydrogens is 288 g/mol. The quantitative estimate of drug-likeness (QED) is 0.735. The lowest BCUT2D eigenvalue weighted by Gasteiger charge is -2.29. The van der Waals surface area contributed by atoms with Gasteiger partial charge < -0.3 is 16.0 Å². The van der Waals surface area contributed by atoms with E-state index in [9.17, 15) is 9.59 Å². The van der Waals surface area contributed by atoms with Gasteiger partial charge in [0, 0.05) is 12.2 Å². The van der Waals surface area contributed by atoms with Crippen molar-refractivity contribution in [1.29, 1.82) is 0 Å². The van der Waals surface area contributed by atoms with E-state index in [4.69, 9.17) is 5.73 Å². The van der Waals surface area contributed by atoms with E-state index in [1.807, 2.05) is 37.3 Å². The maximum absolute atomic E-state index is 12.3. The first-order valence-electron chi connectivity index (χ1n) is 6.88. The molecule has 0 radical (unpaired) electrons. The SMILES string of the molecule is CCN(C(=O)CSC1NC(=O)CC(N)N1)c1ccccc1. The highest BCUT2D eigenvalue weighted by Crippen LogP contribution is 2.16. The second-order valence-corrected chi connectivity index (χ2v) is 5.80. The van der Waals surface area contributed by atoms with E-state index in [2.05, 4.69) is 10.6 Å². The van der Waals surface area contributed by atoms with E-state index in [0.717, 1.165) is 5.69 Å². The molecule has 0 aromatic heterocycles. The number of thioether (sulfide) groups is 1. The van der Waals surface area contributed by atoms with Crippen molar-refractivity contribution < 1.29 is 9.59 Å². The van der Waals surface area contributed by atoms with Crippen molar-refractivity contribution in [2.75, 3.05) is 17.2 Å². The highest BCUT2D eigenvalue weighted by Gasteiger charge is 2.24. The fourth-order valence-electron chi connectivity index (χ4n) is 2.13. The summed E-state index contributed by atoms with van der Waals surface area (Å²) < 4.78 is 0. The number of hydrogen-bond donors (Lipinski definition) is 3. The molecule has 0 bridgehead atoms. The largest absolute Gasteiger partial charge is 0.332 e. The lowest BCUT2D eigenvalue weighted by Crippen LogP contribution is -2.58. The number of benzene rings is 1. The Morgan fingerprint density at radius 1 is 1.43 bits per heavy atom. The number of nitrogens with one attached hydrogen (secondary N) is 2. The number of hydrogen-bond acceptors (Lipinski definition) is 5. The average molecular weight is 308 g/mol. The molecule has 1 heterocycles. The summed E-state index contributed by atoms with van der Waals surface area (Å²) in [6.07, 6.45) is -0.0985. The Bertz CT molecular complexity index is 497. The number of nitrogens with zero attached hydrogens (tertiary/aromatic N) is 1. The van der Waals surface area contributed by atoms with Crippen LogP contribution in [0.4, 0.5) is 5.69 Å². The summed E-state index contributed by atoms with van der Waals surface area (Å²) in [4.78, 5) is 25.4. The van der Waals surface area contributed by atoms with Crippen LogP contribution in [0.1, 0.15) is 13.3 Å². The van der Waals surface area contributed by atoms with Crippen LogP contribution in [0.5, 0.6) is 0 Å². The molecule has 1 aliphatic heterocycles. The van der Waals surface area contributed by atoms with Crippen molar-refractivity contribution in [3.05, 3.63) is 30.3 Å². The molecule has 1 aromatic rings. The van der Waals surface area contributed by atoms with Gasteiger partial charge in [0.25, 0.3) is 0 Å². The van der Waals surface area contributed by atoms with Crippen molar-refractivity contribution in [3.63, 3.8) is 0 Å². The van der Waals surface area contributed by atoms with E-state index in [1.165, 1.54) is 11.8 Å². The molecule has 0 spiro atoms. The van der Waals surface area contributed by atoms with Crippen molar-refractivity contribution in [2.24, 2.45) is 5.73 Å². The number of rotatable bonds is 5. The first-order chi connectivity index (χ1) is 10.1. The maximum atomic E-state index is 12.3. The number of nitrogens with two attached hydrogens (primary N) is 1. The van der Waals surface area contributed by atoms with Crippen LogP contribution in [0.3, 0.4) is 0 Å². The fraction of sp³-hybridized carbons (Fsp3) is 0.429. The molecule has 2 unspecified atom stereocenters. The van der Waals surface area contributed by atoms with E-state index < -0.39 is 0 Å². The third kappa shape index (κ3) is 4.45. The predicted molar refractivity (Wildman–Crippen MR) is 84.6 cm³/mol. The van der Waals surface area contributed by atoms with Crippen LogP contribution in [0.15, 0.2) is 30.3 Å². The summed E-state index contributed by atoms with van der Waals surface area (Å²) in [6.45, 7) is 2.54. The van der Waals surface area contributed by atoms with E-state index in [-0.39, 0.29) is 35.7 Å². The Kier molecular flexibility index (Phi) is 5.60. The monoisotopic (exact) mass is 308 g/mol. The van der Waals surface area contributed by atoms with Crippen molar-refractivity contribution in [1.82, 2.24) is 10.6 Å². The smallest absolute Gasteiger partial charge is 0.237 e. The Hall–Kier alpha value is -1.57. The minimum atomic E-state index is -0.359. The number of para-hydroxylation sites is 1. The van der Waals surface area contributed by atoms with Crippen LogP contribution in [0.2, 0.25) is 0 Å². The van der Waals surface area contributed by atoms with Crippen molar-refractivity contribution in [3.8, 4) is 0 Å². The molecule has 0 saturated carbocycles. The fourth-order valence-corrected chi connectivity index (χ4v) is 3.08. The summed E-state index contributed by atoms with van der Waals surface area (Å²) in [6, 6.07) is 9.53. The first-order valence-corrected chi connectivity index (χ1v) is 7.93. The Morgan fingerprint density at radius 2 is 2.14 bits per heavy atom. The van der Waals surface area contributed by atoms with E-state index in [1.54, 1.807) is 4.90 Å². The molecule has 6 nitrogen and oxygen atoms in total. The summed E-state index contributed by atoms with van der Waals surface area (Å²) in [5, 5.41) is 5.80. The Morgan fingerprint density at radius 3 is 2.76 bits per heavy atom. The number of carbonyl (C=O) groups excluding carboxylic acids is 2. The van der Waals surface area contributed by atoms with Gasteiger partial charge in [-0.05, 0) is 19.1 Å². The minimum Gasteiger partial charge on any atom is -0.332 e. The second-order valence-electron chi connectivity index (χ2n) is 4.71. The molecule has 7 heteroatoms. The first kappa shape index (κ1) is 15.8. The molecule has 2 amide bonds. The van der Waals surface area contributed by atoms with Gasteiger partial charge in [0.15, 0.2) is 0 Å². The topological polar surface area (TPSA) is 87.5 Å². The van der Waals surface area contributed by atoms with Crippen LogP contribution in [0.25, 0.3) is 0 Å². The van der Waals surface area contributed by atoms with Crippen molar-refractivity contribution in [2.45, 2.75) is 25.0 Å². The zero-order valence-electron chi connectivity index (χ0n) is 11.9. The van der Waals surface area contributed by atoms with Crippen LogP contribution >= 0.6 is 11.8 Å². The lowest BCUT2D eigenvalue weighted by atomic mass is 10.3. The molecule has 114 valence electrons. The van der Waals surface area contributed by atoms with Gasteiger partial charge >= 0.3 is 0 Å². The maximum Gasteiger partial charge on any atom is 0.237 e. The molecule has 2 rings (SSSR count). The summed E-state index contributed by atoms with van der Waals surface area (Å²) in [5.41, 5.74) is 6.28. The van der Waals surface area contributed by atoms with E-state index >= 15 is 0 Å². The number of amides is 2. The minimum absolute atomic E-state index is 0.00361. The van der Waals surface area contributed by atoms with Gasteiger partial charge in [-0.3, -0.25) is 14.9 Å². The highest BCUT2D eigenvalue weighted by molar-refractivity contribution is 8.00. The lowest BCUT2D eigenvalue weighted by molar-refractivity contribution is -0.123.